The van der Waals surface area contributed by atoms with Crippen LogP contribution in [0.4, 0.5) is 0 Å². The lowest BCUT2D eigenvalue weighted by Gasteiger charge is -2.73. The largest absolute Gasteiger partial charge is 0.467 e. The van der Waals surface area contributed by atoms with Gasteiger partial charge in [-0.3, -0.25) is 4.79 Å². The van der Waals surface area contributed by atoms with Gasteiger partial charge in [0.25, 0.3) is 0 Å². The van der Waals surface area contributed by atoms with Crippen LogP contribution >= 0.6 is 0 Å². The van der Waals surface area contributed by atoms with E-state index in [1.54, 1.807) is 6.92 Å². The molecule has 8 aliphatic rings. The number of fused-ring (bicyclic) bond motifs is 7. The zero-order chi connectivity index (χ0) is 63.7. The molecule has 5 aliphatic carbocycles. The van der Waals surface area contributed by atoms with E-state index in [0.29, 0.717) is 51.4 Å². The fraction of sp³-hybridized carbons (Fsp3) is 0.857. The summed E-state index contributed by atoms with van der Waals surface area (Å²) in [6, 6.07) is 0. The highest BCUT2D eigenvalue weighted by Crippen LogP contribution is 2.76. The summed E-state index contributed by atoms with van der Waals surface area (Å²) in [5.41, 5.74) is -2.86. The summed E-state index contributed by atoms with van der Waals surface area (Å²) in [5.74, 6) is -3.75. The molecule has 23 heteroatoms. The Morgan fingerprint density at radius 3 is 1.90 bits per heavy atom. The van der Waals surface area contributed by atoms with Gasteiger partial charge in [0.15, 0.2) is 31.1 Å². The average Bonchev–Trinajstić information content (AvgIpc) is 0.712. The molecule has 0 aromatic carbocycles. The average molecular weight is 1230 g/mol. The quantitative estimate of drug-likeness (QED) is 0.0308. The third kappa shape index (κ3) is 11.6. The van der Waals surface area contributed by atoms with Crippen LogP contribution in [0.3, 0.4) is 0 Å². The molecule has 8 rings (SSSR count). The smallest absolute Gasteiger partial charge is 0.337 e. The minimum Gasteiger partial charge on any atom is -0.467 e. The second kappa shape index (κ2) is 25.9. The predicted octanol–water partition coefficient (Wildman–Crippen LogP) is 2.16. The highest BCUT2D eigenvalue weighted by atomic mass is 16.8. The van der Waals surface area contributed by atoms with E-state index < -0.39 is 199 Å². The number of carbonyl (C=O) groups is 3. The Morgan fingerprint density at radius 2 is 1.31 bits per heavy atom. The van der Waals surface area contributed by atoms with Crippen molar-refractivity contribution in [1.29, 1.82) is 0 Å². The Hall–Kier alpha value is -3.05. The number of allylic oxidation sites excluding steroid dienone is 4. The van der Waals surface area contributed by atoms with E-state index in [1.807, 2.05) is 48.5 Å². The molecular weight excluding hydrogens is 1120 g/mol. The van der Waals surface area contributed by atoms with Crippen LogP contribution in [0.5, 0.6) is 0 Å². The van der Waals surface area contributed by atoms with Crippen molar-refractivity contribution in [3.8, 4) is 0 Å². The number of aliphatic hydroxyl groups is 11. The summed E-state index contributed by atoms with van der Waals surface area (Å²) in [6.45, 7) is 21.6. The number of esters is 3. The van der Waals surface area contributed by atoms with Crippen molar-refractivity contribution in [2.75, 3.05) is 26.9 Å². The van der Waals surface area contributed by atoms with Gasteiger partial charge in [-0.15, -0.1) is 0 Å². The maximum absolute atomic E-state index is 14.1. The lowest BCUT2D eigenvalue weighted by atomic mass is 9.32. The second-order valence-corrected chi connectivity index (χ2v) is 28.4. The van der Waals surface area contributed by atoms with Gasteiger partial charge < -0.3 is 98.8 Å². The van der Waals surface area contributed by atoms with Crippen LogP contribution in [-0.2, 0) is 57.0 Å². The summed E-state index contributed by atoms with van der Waals surface area (Å²) in [6.07, 6.45) is -20.5. The Morgan fingerprint density at radius 1 is 0.709 bits per heavy atom. The number of ether oxygens (including phenoxy) is 9. The van der Waals surface area contributed by atoms with Crippen LogP contribution in [0.15, 0.2) is 34.9 Å². The molecule has 23 nitrogen and oxygen atoms in total. The maximum atomic E-state index is 14.1. The molecule has 0 radical (unpaired) electrons. The second-order valence-electron chi connectivity index (χ2n) is 28.4. The zero-order valence-electron chi connectivity index (χ0n) is 52.3. The van der Waals surface area contributed by atoms with Crippen molar-refractivity contribution < 1.29 is 113 Å². The number of hydrogen-bond donors (Lipinski definition) is 11. The van der Waals surface area contributed by atoms with Crippen LogP contribution in [-0.4, -0.2) is 218 Å². The highest BCUT2D eigenvalue weighted by molar-refractivity contribution is 5.83. The van der Waals surface area contributed by atoms with Gasteiger partial charge in [0.05, 0.1) is 56.6 Å². The van der Waals surface area contributed by atoms with E-state index in [-0.39, 0.29) is 11.8 Å². The summed E-state index contributed by atoms with van der Waals surface area (Å²) in [7, 11) is 1.07. The van der Waals surface area contributed by atoms with Crippen LogP contribution in [0.1, 0.15) is 141 Å². The van der Waals surface area contributed by atoms with Gasteiger partial charge in [-0.25, -0.2) is 9.59 Å². The topological polar surface area (TPSA) is 357 Å². The van der Waals surface area contributed by atoms with E-state index in [9.17, 15) is 70.6 Å². The zero-order valence-corrected chi connectivity index (χ0v) is 52.3. The Balaban J connectivity index is 1.12. The van der Waals surface area contributed by atoms with Gasteiger partial charge >= 0.3 is 17.9 Å². The monoisotopic (exact) mass is 1220 g/mol. The third-order valence-corrected chi connectivity index (χ3v) is 22.5. The molecule has 0 aromatic rings. The number of aliphatic hydroxyl groups excluding tert-OH is 11. The van der Waals surface area contributed by atoms with Gasteiger partial charge in [-0.05, 0) is 113 Å². The first kappa shape index (κ1) is 68.9. The molecule has 0 aromatic heterocycles. The highest BCUT2D eigenvalue weighted by Gasteiger charge is 2.76. The molecule has 0 bridgehead atoms. The van der Waals surface area contributed by atoms with Crippen molar-refractivity contribution >= 4 is 17.9 Å². The van der Waals surface area contributed by atoms with Crippen LogP contribution in [0.25, 0.3) is 0 Å². The fourth-order valence-corrected chi connectivity index (χ4v) is 17.1. The van der Waals surface area contributed by atoms with E-state index in [4.69, 9.17) is 42.6 Å². The maximum Gasteiger partial charge on any atom is 0.337 e. The fourth-order valence-electron chi connectivity index (χ4n) is 17.1. The van der Waals surface area contributed by atoms with Gasteiger partial charge in [-0.2, -0.15) is 0 Å². The van der Waals surface area contributed by atoms with Gasteiger partial charge in [-0.1, -0.05) is 91.2 Å². The molecule has 3 saturated heterocycles. The molecule has 86 heavy (non-hydrogen) atoms. The van der Waals surface area contributed by atoms with E-state index in [1.165, 1.54) is 6.08 Å². The molecule has 490 valence electrons. The molecule has 4 saturated carbocycles. The summed E-state index contributed by atoms with van der Waals surface area (Å²) in [4.78, 5) is 41.7. The molecule has 27 atom stereocenters. The van der Waals surface area contributed by atoms with E-state index in [0.717, 1.165) is 30.2 Å². The van der Waals surface area contributed by atoms with Crippen molar-refractivity contribution in [3.05, 3.63) is 34.9 Å². The minimum absolute atomic E-state index is 0.122. The lowest BCUT2D eigenvalue weighted by Crippen LogP contribution is -2.76. The van der Waals surface area contributed by atoms with Gasteiger partial charge in [0, 0.05) is 16.9 Å². The molecule has 0 amide bonds. The van der Waals surface area contributed by atoms with E-state index >= 15 is 0 Å². The number of hydrogen-bond acceptors (Lipinski definition) is 23. The SMILES string of the molecule is CC[C@H](C)C(=O)O[C@H]1[C@H](OC(=O)/C=C(/C)CCC=C(C)C)C(C)(C)C[C@H]2C3=CC[C@@H]4[C@@]5(C)CC[C@H](O[C@@H]6O[C@H](C(=O)OC)[C@@H](O[C@@H]7O[C@@H](CO)[C@H](O)[C@H]7O)[C@H](O)[C@H]6O[C@@H]6O[C@H](CO)[C@@H](O)[C@H](O)[C@H]6O)C(C)(C)[C@H]5CC[C@@]4(C)[C@]3(C)[C@@H](O)[C@@H](O)[C@]21CO. The molecule has 11 N–H and O–H groups in total. The first-order valence-corrected chi connectivity index (χ1v) is 30.9. The first-order valence-electron chi connectivity index (χ1n) is 30.9. The van der Waals surface area contributed by atoms with E-state index in [2.05, 4.69) is 39.8 Å². The number of carbonyl (C=O) groups excluding carboxylic acids is 3. The lowest BCUT2D eigenvalue weighted by molar-refractivity contribution is -0.383. The number of methoxy groups -OCH3 is 1. The van der Waals surface area contributed by atoms with Crippen molar-refractivity contribution in [2.45, 2.75) is 257 Å². The van der Waals surface area contributed by atoms with Crippen LogP contribution in [0, 0.1) is 56.2 Å². The van der Waals surface area contributed by atoms with Crippen LogP contribution in [0.2, 0.25) is 0 Å². The Labute approximate surface area is 504 Å². The molecule has 0 spiro atoms. The predicted molar refractivity (Wildman–Crippen MR) is 304 cm³/mol. The molecule has 3 aliphatic heterocycles. The summed E-state index contributed by atoms with van der Waals surface area (Å²) >= 11 is 0. The number of rotatable bonds is 18. The van der Waals surface area contributed by atoms with Crippen LogP contribution < -0.4 is 0 Å². The summed E-state index contributed by atoms with van der Waals surface area (Å²) in [5, 5.41) is 125. The van der Waals surface area contributed by atoms with Crippen molar-refractivity contribution in [3.63, 3.8) is 0 Å². The standard InChI is InChI=1S/C63H100O23/c1-14-31(5)53(76)86-52-51(82-39(67)24-30(4)17-15-16-29(2)3)58(6,7)25-33-32-18-19-37-60(10)22-21-38(59(8,9)36(60)20-23-61(37,11)62(32,12)49(74)50(75)63(33,52)28-66)81-57-47(84-56-44(72)42(70)40(68)34(26-64)79-56)45(73)46(48(85-57)54(77)78-13)83-55-43(71)41(69)35(27-65)80-55/h16,18,24,31,33-38,40-52,55-57,64-66,68-75H,14-15,17,19-23,25-28H2,1-13H3/b30-24-/t31-,33-,34+,35-,36+,37+,38-,40+,41-,42-,43+,44+,45-,46-,47+,48-,49-,50+,51-,52-,55-,56-,57+,60-,61+,62-,63-/m0/s1. The third-order valence-electron chi connectivity index (χ3n) is 22.5. The Kier molecular flexibility index (Phi) is 20.7. The summed E-state index contributed by atoms with van der Waals surface area (Å²) < 4.78 is 54.8. The van der Waals surface area contributed by atoms with Gasteiger partial charge in [0.1, 0.15) is 67.1 Å². The molecular formula is C63H100O23. The molecule has 0 unspecified atom stereocenters. The minimum atomic E-state index is -1.99. The molecule has 3 heterocycles. The van der Waals surface area contributed by atoms with Crippen molar-refractivity contribution in [2.24, 2.45) is 56.2 Å². The first-order chi connectivity index (χ1) is 40.2. The molecule has 7 fully saturated rings. The van der Waals surface area contributed by atoms with Crippen molar-refractivity contribution in [1.82, 2.24) is 0 Å². The van der Waals surface area contributed by atoms with Gasteiger partial charge in [0.2, 0.25) is 0 Å². The Bertz CT molecular complexity index is 2510. The normalized spacial score (nSPS) is 46.5.